The van der Waals surface area contributed by atoms with Crippen LogP contribution in [0.2, 0.25) is 5.02 Å². The summed E-state index contributed by atoms with van der Waals surface area (Å²) in [5, 5.41) is 9.86. The number of amidine groups is 1. The number of nitrogens with zero attached hydrogens (tertiary/aromatic N) is 2. The molecule has 2 aliphatic heterocycles. The van der Waals surface area contributed by atoms with Crippen LogP contribution in [0, 0.1) is 17.2 Å². The lowest BCUT2D eigenvalue weighted by atomic mass is 9.67. The standard InChI is InChI=1S/C24H24ClN3O3/c1-2-29-18-4-6-22-20(11-18)24(13-30-23(27)28-24)19-10-15(3-5-21(19)31-22)16-7-14(12-26)8-17(25)9-16/h3,5,7-10,18,20,22H,2,4,6,11,13H2,1H3,(H2,27,28)/t18-,20-,22-,24?/m0/s1. The number of fused-ring (bicyclic) bond motifs is 4. The van der Waals surface area contributed by atoms with Crippen molar-refractivity contribution in [1.29, 1.82) is 5.26 Å². The van der Waals surface area contributed by atoms with Crippen molar-refractivity contribution >= 4 is 17.6 Å². The summed E-state index contributed by atoms with van der Waals surface area (Å²) in [5.41, 5.74) is 8.71. The highest BCUT2D eigenvalue weighted by Gasteiger charge is 2.55. The van der Waals surface area contributed by atoms with E-state index in [0.717, 1.165) is 41.7 Å². The summed E-state index contributed by atoms with van der Waals surface area (Å²) in [6.07, 6.45) is 2.95. The molecule has 0 radical (unpaired) electrons. The van der Waals surface area contributed by atoms with Crippen LogP contribution >= 0.6 is 11.6 Å². The first-order valence-electron chi connectivity index (χ1n) is 10.6. The van der Waals surface area contributed by atoms with Gasteiger partial charge < -0.3 is 19.9 Å². The Morgan fingerprint density at radius 1 is 1.26 bits per heavy atom. The first kappa shape index (κ1) is 20.2. The van der Waals surface area contributed by atoms with Gasteiger partial charge in [-0.25, -0.2) is 4.99 Å². The summed E-state index contributed by atoms with van der Waals surface area (Å²) in [4.78, 5) is 4.84. The summed E-state index contributed by atoms with van der Waals surface area (Å²) in [6.45, 7) is 3.10. The molecule has 0 saturated heterocycles. The fourth-order valence-corrected chi connectivity index (χ4v) is 5.48. The lowest BCUT2D eigenvalue weighted by Crippen LogP contribution is -2.52. The van der Waals surface area contributed by atoms with Gasteiger partial charge in [0.1, 0.15) is 24.0 Å². The number of halogens is 1. The molecule has 2 aromatic carbocycles. The fraction of sp³-hybridized carbons (Fsp3) is 0.417. The van der Waals surface area contributed by atoms with E-state index in [9.17, 15) is 5.26 Å². The SMILES string of the molecule is CCO[C@H]1CC[C@@H]2Oc3ccc(-c4cc(Cl)cc(C#N)c4)cc3C3(COC(N)=N3)[C@H]2C1. The van der Waals surface area contributed by atoms with Crippen molar-refractivity contribution in [1.82, 2.24) is 0 Å². The van der Waals surface area contributed by atoms with Crippen LogP contribution in [0.3, 0.4) is 0 Å². The highest BCUT2D eigenvalue weighted by Crippen LogP contribution is 2.53. The molecule has 1 spiro atoms. The minimum atomic E-state index is -0.606. The maximum atomic E-state index is 9.33. The van der Waals surface area contributed by atoms with Crippen LogP contribution in [0.25, 0.3) is 11.1 Å². The summed E-state index contributed by atoms with van der Waals surface area (Å²) >= 11 is 6.25. The molecule has 1 fully saturated rings. The van der Waals surface area contributed by atoms with Gasteiger partial charge in [-0.1, -0.05) is 17.7 Å². The Kier molecular flexibility index (Phi) is 5.04. The molecule has 1 aliphatic carbocycles. The average Bonchev–Trinajstić information content (AvgIpc) is 3.16. The number of rotatable bonds is 3. The van der Waals surface area contributed by atoms with Gasteiger partial charge in [-0.05, 0) is 67.6 Å². The summed E-state index contributed by atoms with van der Waals surface area (Å²) < 4.78 is 18.1. The Labute approximate surface area is 186 Å². The third-order valence-corrected chi connectivity index (χ3v) is 6.81. The zero-order valence-corrected chi connectivity index (χ0v) is 18.1. The second-order valence-corrected chi connectivity index (χ2v) is 8.80. The van der Waals surface area contributed by atoms with E-state index in [1.54, 1.807) is 6.07 Å². The molecule has 0 bridgehead atoms. The van der Waals surface area contributed by atoms with Gasteiger partial charge in [0.25, 0.3) is 6.02 Å². The third kappa shape index (κ3) is 3.42. The number of nitriles is 1. The minimum Gasteiger partial charge on any atom is -0.490 e. The van der Waals surface area contributed by atoms with Crippen LogP contribution in [-0.4, -0.2) is 31.4 Å². The van der Waals surface area contributed by atoms with Gasteiger partial charge in [0.15, 0.2) is 0 Å². The molecule has 7 heteroatoms. The molecule has 6 nitrogen and oxygen atoms in total. The number of ether oxygens (including phenoxy) is 3. The molecular weight excluding hydrogens is 414 g/mol. The highest BCUT2D eigenvalue weighted by molar-refractivity contribution is 6.31. The van der Waals surface area contributed by atoms with E-state index in [1.807, 2.05) is 31.2 Å². The second kappa shape index (κ2) is 7.74. The fourth-order valence-electron chi connectivity index (χ4n) is 5.24. The largest absolute Gasteiger partial charge is 0.490 e. The maximum Gasteiger partial charge on any atom is 0.283 e. The van der Waals surface area contributed by atoms with E-state index < -0.39 is 5.54 Å². The quantitative estimate of drug-likeness (QED) is 0.769. The number of nitrogens with two attached hydrogens (primary N) is 1. The van der Waals surface area contributed by atoms with Gasteiger partial charge in [0.2, 0.25) is 0 Å². The Balaban J connectivity index is 1.62. The molecule has 160 valence electrons. The number of hydrogen-bond donors (Lipinski definition) is 1. The molecule has 31 heavy (non-hydrogen) atoms. The second-order valence-electron chi connectivity index (χ2n) is 8.37. The lowest BCUT2D eigenvalue weighted by molar-refractivity contribution is -0.0595. The summed E-state index contributed by atoms with van der Waals surface area (Å²) in [6, 6.07) is 13.8. The van der Waals surface area contributed by atoms with E-state index >= 15 is 0 Å². The monoisotopic (exact) mass is 437 g/mol. The smallest absolute Gasteiger partial charge is 0.283 e. The molecule has 3 aliphatic rings. The molecule has 0 amide bonds. The third-order valence-electron chi connectivity index (χ3n) is 6.59. The number of aliphatic imine (C=N–C) groups is 1. The number of hydrogen-bond acceptors (Lipinski definition) is 6. The average molecular weight is 438 g/mol. The Morgan fingerprint density at radius 3 is 2.87 bits per heavy atom. The lowest BCUT2D eigenvalue weighted by Gasteiger charge is -2.47. The minimum absolute atomic E-state index is 0.0460. The van der Waals surface area contributed by atoms with Crippen molar-refractivity contribution in [2.45, 2.75) is 43.9 Å². The van der Waals surface area contributed by atoms with Gasteiger partial charge in [-0.3, -0.25) is 0 Å². The molecular formula is C24H24ClN3O3. The molecule has 2 heterocycles. The van der Waals surface area contributed by atoms with Crippen molar-refractivity contribution in [3.05, 3.63) is 52.5 Å². The molecule has 1 saturated carbocycles. The highest BCUT2D eigenvalue weighted by atomic mass is 35.5. The van der Waals surface area contributed by atoms with Gasteiger partial charge >= 0.3 is 0 Å². The van der Waals surface area contributed by atoms with Crippen LogP contribution in [0.5, 0.6) is 5.75 Å². The topological polar surface area (TPSA) is 89.9 Å². The van der Waals surface area contributed by atoms with Crippen LogP contribution in [-0.2, 0) is 15.0 Å². The Hall–Kier alpha value is -2.75. The molecule has 2 aromatic rings. The van der Waals surface area contributed by atoms with Crippen LogP contribution in [0.1, 0.15) is 37.3 Å². The van der Waals surface area contributed by atoms with Gasteiger partial charge in [0, 0.05) is 23.1 Å². The van der Waals surface area contributed by atoms with Crippen LogP contribution in [0.4, 0.5) is 0 Å². The zero-order chi connectivity index (χ0) is 21.6. The van der Waals surface area contributed by atoms with Crippen LogP contribution < -0.4 is 10.5 Å². The van der Waals surface area contributed by atoms with Crippen LogP contribution in [0.15, 0.2) is 41.4 Å². The van der Waals surface area contributed by atoms with Crippen molar-refractivity contribution in [2.24, 2.45) is 16.6 Å². The number of benzene rings is 2. The normalized spacial score (nSPS) is 28.7. The molecule has 2 N–H and O–H groups in total. The summed E-state index contributed by atoms with van der Waals surface area (Å²) in [5.74, 6) is 0.917. The van der Waals surface area contributed by atoms with Gasteiger partial charge in [-0.2, -0.15) is 5.26 Å². The van der Waals surface area contributed by atoms with E-state index in [-0.39, 0.29) is 24.1 Å². The van der Waals surface area contributed by atoms with E-state index in [4.69, 9.17) is 36.5 Å². The van der Waals surface area contributed by atoms with Crippen molar-refractivity contribution < 1.29 is 14.2 Å². The van der Waals surface area contributed by atoms with E-state index in [1.165, 1.54) is 0 Å². The van der Waals surface area contributed by atoms with E-state index in [2.05, 4.69) is 12.1 Å². The Bertz CT molecular complexity index is 1100. The van der Waals surface area contributed by atoms with Gasteiger partial charge in [0.05, 0.1) is 17.7 Å². The zero-order valence-electron chi connectivity index (χ0n) is 17.3. The van der Waals surface area contributed by atoms with Gasteiger partial charge in [-0.15, -0.1) is 0 Å². The maximum absolute atomic E-state index is 9.33. The molecule has 1 unspecified atom stereocenters. The summed E-state index contributed by atoms with van der Waals surface area (Å²) in [7, 11) is 0. The first-order chi connectivity index (χ1) is 15.0. The molecule has 0 aromatic heterocycles. The van der Waals surface area contributed by atoms with E-state index in [0.29, 0.717) is 23.8 Å². The van der Waals surface area contributed by atoms with Crippen molar-refractivity contribution in [3.8, 4) is 22.9 Å². The van der Waals surface area contributed by atoms with Crippen molar-refractivity contribution in [2.75, 3.05) is 13.2 Å². The Morgan fingerprint density at radius 2 is 2.13 bits per heavy atom. The first-order valence-corrected chi connectivity index (χ1v) is 11.0. The predicted octanol–water partition coefficient (Wildman–Crippen LogP) is 4.39. The molecule has 5 rings (SSSR count). The van der Waals surface area contributed by atoms with Crippen molar-refractivity contribution in [3.63, 3.8) is 0 Å². The predicted molar refractivity (Wildman–Crippen MR) is 118 cm³/mol. The molecule has 4 atom stereocenters.